The lowest BCUT2D eigenvalue weighted by Crippen LogP contribution is -1.84. The van der Waals surface area contributed by atoms with Gasteiger partial charge in [0.05, 0.1) is 24.4 Å². The number of ether oxygens (including phenoxy) is 1. The topological polar surface area (TPSA) is 96.0 Å². The van der Waals surface area contributed by atoms with Gasteiger partial charge in [0.15, 0.2) is 5.76 Å². The standard InChI is InChI=1S/C16H13NO5/c1-21-10-3-5-14(20)12(7-10)16-17-8-15(22-16)11-6-9(18)2-4-13(11)19/h2-8,18-20H,1H3. The normalized spacial score (nSPS) is 10.6. The highest BCUT2D eigenvalue weighted by atomic mass is 16.5. The number of methoxy groups -OCH3 is 1. The van der Waals surface area contributed by atoms with Gasteiger partial charge in [-0.1, -0.05) is 0 Å². The lowest BCUT2D eigenvalue weighted by Gasteiger charge is -2.04. The van der Waals surface area contributed by atoms with Crippen LogP contribution in [0.5, 0.6) is 23.0 Å². The van der Waals surface area contributed by atoms with Crippen molar-refractivity contribution in [2.75, 3.05) is 7.11 Å². The van der Waals surface area contributed by atoms with E-state index < -0.39 is 0 Å². The van der Waals surface area contributed by atoms with Crippen molar-refractivity contribution in [2.45, 2.75) is 0 Å². The van der Waals surface area contributed by atoms with E-state index in [4.69, 9.17) is 9.15 Å². The summed E-state index contributed by atoms with van der Waals surface area (Å²) in [6.07, 6.45) is 1.41. The minimum atomic E-state index is -0.0460. The van der Waals surface area contributed by atoms with Crippen molar-refractivity contribution in [3.05, 3.63) is 42.6 Å². The minimum Gasteiger partial charge on any atom is -0.508 e. The molecule has 0 atom stereocenters. The third-order valence-electron chi connectivity index (χ3n) is 3.19. The van der Waals surface area contributed by atoms with Crippen LogP contribution in [0.3, 0.4) is 0 Å². The first-order valence-corrected chi connectivity index (χ1v) is 6.44. The molecule has 3 aromatic rings. The second-order valence-corrected chi connectivity index (χ2v) is 4.61. The van der Waals surface area contributed by atoms with Crippen molar-refractivity contribution in [1.29, 1.82) is 0 Å². The predicted molar refractivity (Wildman–Crippen MR) is 78.9 cm³/mol. The number of nitrogens with zero attached hydrogens (tertiary/aromatic N) is 1. The van der Waals surface area contributed by atoms with Crippen LogP contribution in [0.1, 0.15) is 0 Å². The summed E-state index contributed by atoms with van der Waals surface area (Å²) in [6, 6.07) is 8.77. The smallest absolute Gasteiger partial charge is 0.230 e. The molecule has 3 N–H and O–H groups in total. The van der Waals surface area contributed by atoms with Gasteiger partial charge in [-0.05, 0) is 36.4 Å². The highest BCUT2D eigenvalue weighted by Gasteiger charge is 2.15. The average Bonchev–Trinajstić information content (AvgIpc) is 2.99. The molecule has 0 fully saturated rings. The van der Waals surface area contributed by atoms with Crippen molar-refractivity contribution in [2.24, 2.45) is 0 Å². The van der Waals surface area contributed by atoms with Crippen LogP contribution in [-0.2, 0) is 0 Å². The second-order valence-electron chi connectivity index (χ2n) is 4.61. The van der Waals surface area contributed by atoms with E-state index in [9.17, 15) is 15.3 Å². The zero-order valence-corrected chi connectivity index (χ0v) is 11.6. The number of phenolic OH excluding ortho intramolecular Hbond substituents is 3. The predicted octanol–water partition coefficient (Wildman–Crippen LogP) is 3.13. The SMILES string of the molecule is COc1ccc(O)c(-c2ncc(-c3cc(O)ccc3O)o2)c1. The molecule has 0 aliphatic carbocycles. The van der Waals surface area contributed by atoms with Gasteiger partial charge in [0.25, 0.3) is 0 Å². The Morgan fingerprint density at radius 3 is 2.45 bits per heavy atom. The maximum absolute atomic E-state index is 9.92. The lowest BCUT2D eigenvalue weighted by atomic mass is 10.1. The van der Waals surface area contributed by atoms with Crippen molar-refractivity contribution in [1.82, 2.24) is 4.98 Å². The third-order valence-corrected chi connectivity index (χ3v) is 3.19. The van der Waals surface area contributed by atoms with Crippen LogP contribution < -0.4 is 4.74 Å². The Morgan fingerprint density at radius 2 is 1.68 bits per heavy atom. The molecule has 2 aromatic carbocycles. The summed E-state index contributed by atoms with van der Waals surface area (Å²) in [5.41, 5.74) is 0.673. The number of rotatable bonds is 3. The highest BCUT2D eigenvalue weighted by Crippen LogP contribution is 2.37. The largest absolute Gasteiger partial charge is 0.508 e. The van der Waals surface area contributed by atoms with Crippen molar-refractivity contribution in [3.8, 4) is 45.8 Å². The van der Waals surface area contributed by atoms with Crippen LogP contribution in [0, 0.1) is 0 Å². The molecule has 0 unspecified atom stereocenters. The molecule has 0 aliphatic rings. The van der Waals surface area contributed by atoms with Gasteiger partial charge >= 0.3 is 0 Å². The van der Waals surface area contributed by atoms with Crippen molar-refractivity contribution >= 4 is 0 Å². The fourth-order valence-electron chi connectivity index (χ4n) is 2.06. The van der Waals surface area contributed by atoms with E-state index in [1.54, 1.807) is 12.1 Å². The van der Waals surface area contributed by atoms with E-state index in [1.165, 1.54) is 37.6 Å². The summed E-state index contributed by atoms with van der Waals surface area (Å²) in [6.45, 7) is 0. The molecule has 1 heterocycles. The molecule has 112 valence electrons. The number of aromatic hydroxyl groups is 3. The molecule has 0 amide bonds. The van der Waals surface area contributed by atoms with Crippen LogP contribution in [0.15, 0.2) is 47.0 Å². The maximum Gasteiger partial charge on any atom is 0.230 e. The first-order chi connectivity index (χ1) is 10.6. The van der Waals surface area contributed by atoms with Gasteiger partial charge in [0.1, 0.15) is 23.0 Å². The van der Waals surface area contributed by atoms with Gasteiger partial charge in [-0.2, -0.15) is 0 Å². The molecule has 0 aliphatic heterocycles. The maximum atomic E-state index is 9.92. The molecule has 0 spiro atoms. The molecule has 0 bridgehead atoms. The Kier molecular flexibility index (Phi) is 3.34. The Labute approximate surface area is 125 Å². The number of oxazole rings is 1. The van der Waals surface area contributed by atoms with E-state index >= 15 is 0 Å². The number of hydrogen-bond acceptors (Lipinski definition) is 6. The molecular formula is C16H13NO5. The van der Waals surface area contributed by atoms with Crippen LogP contribution in [-0.4, -0.2) is 27.4 Å². The van der Waals surface area contributed by atoms with Crippen molar-refractivity contribution in [3.63, 3.8) is 0 Å². The summed E-state index contributed by atoms with van der Waals surface area (Å²) < 4.78 is 10.7. The van der Waals surface area contributed by atoms with Gasteiger partial charge in [-0.3, -0.25) is 0 Å². The Hall–Kier alpha value is -3.15. The van der Waals surface area contributed by atoms with Crippen LogP contribution in [0.25, 0.3) is 22.8 Å². The number of aromatic nitrogens is 1. The molecule has 0 radical (unpaired) electrons. The summed E-state index contributed by atoms with van der Waals surface area (Å²) in [4.78, 5) is 4.09. The van der Waals surface area contributed by atoms with E-state index in [0.29, 0.717) is 16.9 Å². The third kappa shape index (κ3) is 2.42. The van der Waals surface area contributed by atoms with E-state index in [2.05, 4.69) is 4.98 Å². The first kappa shape index (κ1) is 13.8. The number of benzene rings is 2. The Bertz CT molecular complexity index is 825. The molecule has 0 saturated heterocycles. The number of phenols is 3. The molecule has 1 aromatic heterocycles. The van der Waals surface area contributed by atoms with Crippen molar-refractivity contribution < 1.29 is 24.5 Å². The highest BCUT2D eigenvalue weighted by molar-refractivity contribution is 5.70. The fourth-order valence-corrected chi connectivity index (χ4v) is 2.06. The lowest BCUT2D eigenvalue weighted by molar-refractivity contribution is 0.412. The van der Waals surface area contributed by atoms with E-state index in [1.807, 2.05) is 0 Å². The van der Waals surface area contributed by atoms with Gasteiger partial charge in [0.2, 0.25) is 5.89 Å². The van der Waals surface area contributed by atoms with E-state index in [-0.39, 0.29) is 28.9 Å². The summed E-state index contributed by atoms with van der Waals surface area (Å²) in [7, 11) is 1.52. The monoisotopic (exact) mass is 299 g/mol. The summed E-state index contributed by atoms with van der Waals surface area (Å²) in [5, 5.41) is 29.3. The number of hydrogen-bond donors (Lipinski definition) is 3. The van der Waals surface area contributed by atoms with E-state index in [0.717, 1.165) is 0 Å². The molecular weight excluding hydrogens is 286 g/mol. The Balaban J connectivity index is 2.06. The minimum absolute atomic E-state index is 0.00465. The molecule has 6 heteroatoms. The molecule has 0 saturated carbocycles. The van der Waals surface area contributed by atoms with Crippen LogP contribution in [0.2, 0.25) is 0 Å². The van der Waals surface area contributed by atoms with Gasteiger partial charge in [-0.15, -0.1) is 0 Å². The van der Waals surface area contributed by atoms with Gasteiger partial charge in [-0.25, -0.2) is 4.98 Å². The molecule has 22 heavy (non-hydrogen) atoms. The summed E-state index contributed by atoms with van der Waals surface area (Å²) >= 11 is 0. The zero-order chi connectivity index (χ0) is 15.7. The van der Waals surface area contributed by atoms with Crippen LogP contribution >= 0.6 is 0 Å². The fraction of sp³-hybridized carbons (Fsp3) is 0.0625. The zero-order valence-electron chi connectivity index (χ0n) is 11.6. The quantitative estimate of drug-likeness (QED) is 0.643. The molecule has 6 nitrogen and oxygen atoms in total. The second kappa shape index (κ2) is 5.33. The molecule has 3 rings (SSSR count). The van der Waals surface area contributed by atoms with Crippen LogP contribution in [0.4, 0.5) is 0 Å². The Morgan fingerprint density at radius 1 is 0.955 bits per heavy atom. The van der Waals surface area contributed by atoms with Gasteiger partial charge < -0.3 is 24.5 Å². The average molecular weight is 299 g/mol. The summed E-state index contributed by atoms with van der Waals surface area (Å²) in [5.74, 6) is 0.937. The van der Waals surface area contributed by atoms with Gasteiger partial charge in [0, 0.05) is 0 Å². The first-order valence-electron chi connectivity index (χ1n) is 6.44.